The smallest absolute Gasteiger partial charge is 0.220 e. The van der Waals surface area contributed by atoms with E-state index in [0.717, 1.165) is 70.6 Å². The Labute approximate surface area is 573 Å². The largest absolute Gasteiger partial charge is 0.394 e. The minimum Gasteiger partial charge on any atom is -0.394 e. The summed E-state index contributed by atoms with van der Waals surface area (Å²) >= 11 is 0. The summed E-state index contributed by atoms with van der Waals surface area (Å²) in [6.07, 6.45) is 44.9. The van der Waals surface area contributed by atoms with Crippen LogP contribution in [0.25, 0.3) is 0 Å². The Hall–Kier alpha value is -2.51. The first kappa shape index (κ1) is 86.7. The van der Waals surface area contributed by atoms with Crippen molar-refractivity contribution in [2.75, 3.05) is 26.4 Å². The number of carbonyl (C=O) groups excluding carboxylic acids is 1. The third-order valence-corrected chi connectivity index (χ3v) is 18.8. The molecule has 1 amide bonds. The van der Waals surface area contributed by atoms with Crippen LogP contribution in [0.15, 0.2) is 60.8 Å². The van der Waals surface area contributed by atoms with Crippen molar-refractivity contribution in [2.45, 2.75) is 388 Å². The normalized spacial score (nSPS) is 27.5. The Kier molecular flexibility index (Phi) is 52.2. The molecule has 3 heterocycles. The monoisotopic (exact) mass is 1350 g/mol. The molecule has 19 heteroatoms. The number of allylic oxidation sites excluding steroid dienone is 9. The standard InChI is InChI=1S/C76H137NO18/c1-3-5-7-9-11-13-15-17-19-21-22-23-24-25-26-27-28-29-30-31-32-33-34-35-36-38-40-42-44-46-48-50-52-54-64(82)77-59(60(81)53-51-49-47-45-43-41-39-37-20-18-16-14-12-10-8-6-4-2)58-90-74-70(88)67(85)72(62(56-79)92-74)95-76-71(89)68(86)73(63(57-80)93-76)94-75-69(87)66(84)65(83)61(55-78)91-75/h5,7,11,13,17,19,22-23,51,53,59-63,65-76,78-81,83-89H,3-4,6,8-10,12,14-16,18,20-21,24-50,52,54-58H2,1-2H3,(H,77,82)/b7-5-,13-11-,19-17-,23-22-,53-51+. The summed E-state index contributed by atoms with van der Waals surface area (Å²) in [5.74, 6) is -0.272. The second kappa shape index (κ2) is 57.2. The first-order valence-corrected chi connectivity index (χ1v) is 38.0. The molecule has 0 aromatic carbocycles. The van der Waals surface area contributed by atoms with Crippen molar-refractivity contribution in [1.82, 2.24) is 5.32 Å². The molecule has 3 fully saturated rings. The Bertz CT molecular complexity index is 1950. The zero-order valence-corrected chi connectivity index (χ0v) is 58.9. The van der Waals surface area contributed by atoms with Crippen molar-refractivity contribution in [3.8, 4) is 0 Å². The summed E-state index contributed by atoms with van der Waals surface area (Å²) in [4.78, 5) is 13.4. The number of hydrogen-bond donors (Lipinski definition) is 12. The summed E-state index contributed by atoms with van der Waals surface area (Å²) in [5, 5.41) is 121. The molecule has 17 atom stereocenters. The second-order valence-corrected chi connectivity index (χ2v) is 27.1. The van der Waals surface area contributed by atoms with E-state index in [1.54, 1.807) is 6.08 Å². The minimum absolute atomic E-state index is 0.245. The molecule has 0 aromatic rings. The number of ether oxygens (including phenoxy) is 6. The van der Waals surface area contributed by atoms with E-state index in [4.69, 9.17) is 28.4 Å². The number of amides is 1. The van der Waals surface area contributed by atoms with Crippen LogP contribution in [-0.2, 0) is 33.2 Å². The highest BCUT2D eigenvalue weighted by Crippen LogP contribution is 2.33. The van der Waals surface area contributed by atoms with Crippen LogP contribution in [0.5, 0.6) is 0 Å². The number of unbranched alkanes of at least 4 members (excludes halogenated alkanes) is 35. The van der Waals surface area contributed by atoms with Gasteiger partial charge in [0.1, 0.15) is 73.2 Å². The molecule has 19 nitrogen and oxygen atoms in total. The lowest BCUT2D eigenvalue weighted by atomic mass is 9.96. The molecule has 0 saturated carbocycles. The molecule has 3 aliphatic heterocycles. The molecule has 0 aromatic heterocycles. The van der Waals surface area contributed by atoms with Gasteiger partial charge in [0.2, 0.25) is 5.91 Å². The van der Waals surface area contributed by atoms with Crippen LogP contribution in [0.4, 0.5) is 0 Å². The van der Waals surface area contributed by atoms with Gasteiger partial charge in [0.05, 0.1) is 38.6 Å². The van der Waals surface area contributed by atoms with Crippen molar-refractivity contribution >= 4 is 5.91 Å². The van der Waals surface area contributed by atoms with Crippen molar-refractivity contribution < 1.29 is 89.4 Å². The van der Waals surface area contributed by atoms with E-state index >= 15 is 0 Å². The average molecular weight is 1350 g/mol. The Balaban J connectivity index is 1.36. The van der Waals surface area contributed by atoms with Crippen LogP contribution in [0.3, 0.4) is 0 Å². The maximum absolute atomic E-state index is 13.4. The van der Waals surface area contributed by atoms with Crippen molar-refractivity contribution in [1.29, 1.82) is 0 Å². The highest BCUT2D eigenvalue weighted by Gasteiger charge is 2.53. The van der Waals surface area contributed by atoms with Crippen LogP contribution < -0.4 is 5.32 Å². The molecule has 3 rings (SSSR count). The maximum Gasteiger partial charge on any atom is 0.220 e. The Morgan fingerprint density at radius 1 is 0.389 bits per heavy atom. The molecule has 554 valence electrons. The fraction of sp³-hybridized carbons (Fsp3) is 0.855. The van der Waals surface area contributed by atoms with Crippen LogP contribution in [-0.4, -0.2) is 193 Å². The first-order valence-electron chi connectivity index (χ1n) is 38.0. The molecule has 0 spiro atoms. The van der Waals surface area contributed by atoms with E-state index in [1.807, 2.05) is 6.08 Å². The van der Waals surface area contributed by atoms with E-state index < -0.39 is 124 Å². The van der Waals surface area contributed by atoms with Gasteiger partial charge in [0.25, 0.3) is 0 Å². The molecule has 3 saturated heterocycles. The number of aliphatic hydroxyl groups is 11. The van der Waals surface area contributed by atoms with Crippen LogP contribution in [0.1, 0.15) is 284 Å². The fourth-order valence-corrected chi connectivity index (χ4v) is 12.7. The number of nitrogens with one attached hydrogen (secondary N) is 1. The molecule has 17 unspecified atom stereocenters. The SMILES string of the molecule is CC/C=C\C/C=C\C/C=C\C/C=C\CCCCCCCCCCCCCCCCCCCCCCC(=O)NC(COC1OC(CO)C(OC2OC(CO)C(OC3OC(CO)C(O)C(O)C3O)C(O)C2O)C(O)C1O)C(O)/C=C/CCCCCCCCCCCCCCCCC. The van der Waals surface area contributed by atoms with Gasteiger partial charge < -0.3 is 89.9 Å². The highest BCUT2D eigenvalue weighted by atomic mass is 16.8. The van der Waals surface area contributed by atoms with Crippen LogP contribution in [0.2, 0.25) is 0 Å². The lowest BCUT2D eigenvalue weighted by Gasteiger charge is -2.48. The number of aliphatic hydroxyl groups excluding tert-OH is 11. The van der Waals surface area contributed by atoms with Gasteiger partial charge in [-0.3, -0.25) is 4.79 Å². The minimum atomic E-state index is -1.98. The zero-order chi connectivity index (χ0) is 68.9. The van der Waals surface area contributed by atoms with Gasteiger partial charge in [-0.2, -0.15) is 0 Å². The fourth-order valence-electron chi connectivity index (χ4n) is 12.7. The summed E-state index contributed by atoms with van der Waals surface area (Å²) in [6.45, 7) is 1.65. The molecule has 0 aliphatic carbocycles. The summed E-state index contributed by atoms with van der Waals surface area (Å²) in [6, 6.07) is -0.973. The molecular weight excluding hydrogens is 1210 g/mol. The summed E-state index contributed by atoms with van der Waals surface area (Å²) < 4.78 is 34.4. The lowest BCUT2D eigenvalue weighted by Crippen LogP contribution is -2.66. The third kappa shape index (κ3) is 38.2. The van der Waals surface area contributed by atoms with E-state index in [0.29, 0.717) is 6.42 Å². The number of rotatable bonds is 59. The van der Waals surface area contributed by atoms with Crippen LogP contribution >= 0.6 is 0 Å². The maximum atomic E-state index is 13.4. The summed E-state index contributed by atoms with van der Waals surface area (Å²) in [5.41, 5.74) is 0. The molecule has 0 bridgehead atoms. The predicted molar refractivity (Wildman–Crippen MR) is 374 cm³/mol. The van der Waals surface area contributed by atoms with E-state index in [-0.39, 0.29) is 18.9 Å². The van der Waals surface area contributed by atoms with Gasteiger partial charge in [0.15, 0.2) is 18.9 Å². The van der Waals surface area contributed by atoms with Crippen molar-refractivity contribution in [2.24, 2.45) is 0 Å². The van der Waals surface area contributed by atoms with E-state index in [2.05, 4.69) is 67.8 Å². The zero-order valence-electron chi connectivity index (χ0n) is 58.9. The highest BCUT2D eigenvalue weighted by molar-refractivity contribution is 5.76. The molecule has 95 heavy (non-hydrogen) atoms. The van der Waals surface area contributed by atoms with Crippen LogP contribution in [0, 0.1) is 0 Å². The van der Waals surface area contributed by atoms with Gasteiger partial charge in [-0.25, -0.2) is 0 Å². The molecular formula is C76H137NO18. The van der Waals surface area contributed by atoms with Gasteiger partial charge in [-0.1, -0.05) is 280 Å². The Morgan fingerprint density at radius 3 is 1.14 bits per heavy atom. The molecule has 3 aliphatic rings. The first-order chi connectivity index (χ1) is 46.3. The number of hydrogen-bond acceptors (Lipinski definition) is 18. The van der Waals surface area contributed by atoms with Gasteiger partial charge in [0, 0.05) is 6.42 Å². The van der Waals surface area contributed by atoms with Crippen molar-refractivity contribution in [3.05, 3.63) is 60.8 Å². The summed E-state index contributed by atoms with van der Waals surface area (Å²) in [7, 11) is 0. The predicted octanol–water partition coefficient (Wildman–Crippen LogP) is 11.5. The Morgan fingerprint density at radius 2 is 0.726 bits per heavy atom. The topological polar surface area (TPSA) is 307 Å². The second-order valence-electron chi connectivity index (χ2n) is 27.1. The van der Waals surface area contributed by atoms with Gasteiger partial charge in [-0.05, 0) is 57.8 Å². The lowest BCUT2D eigenvalue weighted by molar-refractivity contribution is -0.379. The van der Waals surface area contributed by atoms with Gasteiger partial charge >= 0.3 is 0 Å². The quantitative estimate of drug-likeness (QED) is 0.0199. The van der Waals surface area contributed by atoms with Gasteiger partial charge in [-0.15, -0.1) is 0 Å². The number of carbonyl (C=O) groups is 1. The van der Waals surface area contributed by atoms with Crippen molar-refractivity contribution in [3.63, 3.8) is 0 Å². The average Bonchev–Trinajstić information content (AvgIpc) is 0.786. The molecule has 0 radical (unpaired) electrons. The molecule has 12 N–H and O–H groups in total. The van der Waals surface area contributed by atoms with E-state index in [9.17, 15) is 61.0 Å². The van der Waals surface area contributed by atoms with E-state index in [1.165, 1.54) is 186 Å². The third-order valence-electron chi connectivity index (χ3n) is 18.8.